The Bertz CT molecular complexity index is 788. The van der Waals surface area contributed by atoms with E-state index in [0.29, 0.717) is 28.0 Å². The van der Waals surface area contributed by atoms with Gasteiger partial charge in [-0.15, -0.1) is 36.2 Å². The van der Waals surface area contributed by atoms with Crippen molar-refractivity contribution in [2.75, 3.05) is 31.5 Å². The number of fused-ring (bicyclic) bond motifs is 1. The number of amides is 2. The number of rotatable bonds is 3. The zero-order valence-electron chi connectivity index (χ0n) is 15.3. The van der Waals surface area contributed by atoms with Crippen molar-refractivity contribution in [3.63, 3.8) is 0 Å². The molecule has 0 bridgehead atoms. The van der Waals surface area contributed by atoms with Crippen LogP contribution >= 0.6 is 36.2 Å². The number of anilines is 1. The summed E-state index contributed by atoms with van der Waals surface area (Å²) >= 11 is 1.39. The van der Waals surface area contributed by atoms with Gasteiger partial charge in [0.2, 0.25) is 0 Å². The molecular weight excluding hydrogens is 419 g/mol. The van der Waals surface area contributed by atoms with Crippen molar-refractivity contribution >= 4 is 53.7 Å². The summed E-state index contributed by atoms with van der Waals surface area (Å²) in [7, 11) is 0. The maximum atomic E-state index is 13.0. The fraction of sp³-hybridized carbons (Fsp3) is 0.421. The van der Waals surface area contributed by atoms with Gasteiger partial charge in [-0.3, -0.25) is 14.6 Å². The van der Waals surface area contributed by atoms with E-state index in [0.717, 1.165) is 39.0 Å². The largest absolute Gasteiger partial charge is 0.338 e. The number of hydrogen-bond acceptors (Lipinski definition) is 5. The van der Waals surface area contributed by atoms with Gasteiger partial charge in [-0.1, -0.05) is 0 Å². The van der Waals surface area contributed by atoms with E-state index in [1.54, 1.807) is 30.6 Å². The Labute approximate surface area is 180 Å². The number of nitrogens with zero attached hydrogens (tertiary/aromatic N) is 2. The summed E-state index contributed by atoms with van der Waals surface area (Å²) in [6.07, 6.45) is 5.26. The molecule has 2 atom stereocenters. The van der Waals surface area contributed by atoms with Gasteiger partial charge in [0.15, 0.2) is 0 Å². The lowest BCUT2D eigenvalue weighted by atomic mass is 9.92. The third-order valence-electron chi connectivity index (χ3n) is 5.36. The molecule has 2 aromatic rings. The van der Waals surface area contributed by atoms with E-state index in [1.807, 2.05) is 10.3 Å². The minimum atomic E-state index is -0.226. The first kappa shape index (κ1) is 22.6. The van der Waals surface area contributed by atoms with E-state index >= 15 is 0 Å². The van der Waals surface area contributed by atoms with Crippen LogP contribution in [0.25, 0.3) is 0 Å². The Morgan fingerprint density at radius 1 is 1.07 bits per heavy atom. The lowest BCUT2D eigenvalue weighted by Crippen LogP contribution is -2.32. The van der Waals surface area contributed by atoms with Crippen LogP contribution in [0.2, 0.25) is 0 Å². The smallest absolute Gasteiger partial charge is 0.266 e. The molecule has 4 rings (SSSR count). The number of carbonyl (C=O) groups excluding carboxylic acids is 2. The van der Waals surface area contributed by atoms with Crippen LogP contribution in [-0.4, -0.2) is 47.9 Å². The van der Waals surface area contributed by atoms with E-state index in [9.17, 15) is 9.59 Å². The van der Waals surface area contributed by atoms with Crippen LogP contribution in [0.1, 0.15) is 32.9 Å². The molecule has 2 saturated heterocycles. The standard InChI is InChI=1S/C19H22N4O2S.2ClH/c24-18(13-1-6-20-7-2-13)22-16-5-10-26-17(16)19(25)23-8-3-14-11-21-12-15(14)4-9-23;;/h1-2,5-7,10,14-15,21H,3-4,8-9,11-12H2,(H,22,24);2*1H/t14-,15+;;. The lowest BCUT2D eigenvalue weighted by Gasteiger charge is -2.21. The molecule has 4 heterocycles. The van der Waals surface area contributed by atoms with Crippen molar-refractivity contribution in [3.8, 4) is 0 Å². The highest BCUT2D eigenvalue weighted by atomic mass is 35.5. The predicted molar refractivity (Wildman–Crippen MR) is 116 cm³/mol. The number of nitrogens with one attached hydrogen (secondary N) is 2. The molecule has 2 N–H and O–H groups in total. The predicted octanol–water partition coefficient (Wildman–Crippen LogP) is 3.31. The zero-order valence-corrected chi connectivity index (χ0v) is 17.7. The second kappa shape index (κ2) is 10.2. The van der Waals surface area contributed by atoms with Gasteiger partial charge in [0, 0.05) is 31.0 Å². The van der Waals surface area contributed by atoms with Crippen LogP contribution in [-0.2, 0) is 0 Å². The summed E-state index contributed by atoms with van der Waals surface area (Å²) in [6, 6.07) is 5.11. The molecule has 6 nitrogen and oxygen atoms in total. The van der Waals surface area contributed by atoms with Crippen LogP contribution in [0, 0.1) is 11.8 Å². The average molecular weight is 443 g/mol. The molecule has 0 unspecified atom stereocenters. The number of likely N-dealkylation sites (tertiary alicyclic amines) is 1. The number of hydrogen-bond donors (Lipinski definition) is 2. The third-order valence-corrected chi connectivity index (χ3v) is 6.26. The van der Waals surface area contributed by atoms with Gasteiger partial charge in [-0.05, 0) is 61.3 Å². The number of aromatic nitrogens is 1. The molecule has 0 saturated carbocycles. The first-order valence-corrected chi connectivity index (χ1v) is 9.89. The van der Waals surface area contributed by atoms with E-state index in [4.69, 9.17) is 0 Å². The van der Waals surface area contributed by atoms with Crippen LogP contribution < -0.4 is 10.6 Å². The van der Waals surface area contributed by atoms with Crippen molar-refractivity contribution in [2.24, 2.45) is 11.8 Å². The fourth-order valence-electron chi connectivity index (χ4n) is 3.84. The average Bonchev–Trinajstić information content (AvgIpc) is 3.27. The second-order valence-corrected chi connectivity index (χ2v) is 7.82. The van der Waals surface area contributed by atoms with Crippen LogP contribution in [0.5, 0.6) is 0 Å². The Kier molecular flexibility index (Phi) is 8.24. The summed E-state index contributed by atoms with van der Waals surface area (Å²) < 4.78 is 0. The highest BCUT2D eigenvalue weighted by Gasteiger charge is 2.32. The number of halogens is 2. The third kappa shape index (κ3) is 4.84. The molecule has 2 aromatic heterocycles. The maximum Gasteiger partial charge on any atom is 0.266 e. The number of carbonyl (C=O) groups is 2. The minimum Gasteiger partial charge on any atom is -0.338 e. The normalized spacial score (nSPS) is 20.9. The van der Waals surface area contributed by atoms with Crippen molar-refractivity contribution in [2.45, 2.75) is 12.8 Å². The van der Waals surface area contributed by atoms with Gasteiger partial charge in [-0.2, -0.15) is 0 Å². The summed E-state index contributed by atoms with van der Waals surface area (Å²) in [4.78, 5) is 31.9. The van der Waals surface area contributed by atoms with E-state index in [2.05, 4.69) is 15.6 Å². The SMILES string of the molecule is Cl.Cl.O=C(Nc1ccsc1C(=O)N1CC[C@@H]2CNC[C@@H]2CC1)c1ccncc1. The first-order chi connectivity index (χ1) is 12.7. The molecule has 2 aliphatic rings. The Balaban J connectivity index is 0.00000140. The van der Waals surface area contributed by atoms with Crippen molar-refractivity contribution < 1.29 is 9.59 Å². The highest BCUT2D eigenvalue weighted by Crippen LogP contribution is 2.30. The van der Waals surface area contributed by atoms with Gasteiger partial charge in [0.05, 0.1) is 5.69 Å². The second-order valence-electron chi connectivity index (χ2n) is 6.90. The topological polar surface area (TPSA) is 74.3 Å². The molecular formula is C19H24Cl2N4O2S. The summed E-state index contributed by atoms with van der Waals surface area (Å²) in [5.41, 5.74) is 1.12. The summed E-state index contributed by atoms with van der Waals surface area (Å²) in [6.45, 7) is 3.71. The van der Waals surface area contributed by atoms with Crippen LogP contribution in [0.15, 0.2) is 36.0 Å². The summed E-state index contributed by atoms with van der Waals surface area (Å²) in [5, 5.41) is 8.18. The minimum absolute atomic E-state index is 0. The monoisotopic (exact) mass is 442 g/mol. The fourth-order valence-corrected chi connectivity index (χ4v) is 4.65. The summed E-state index contributed by atoms with van der Waals surface area (Å²) in [5.74, 6) is 1.17. The zero-order chi connectivity index (χ0) is 17.9. The molecule has 2 aliphatic heterocycles. The van der Waals surface area contributed by atoms with Gasteiger partial charge >= 0.3 is 0 Å². The molecule has 2 fully saturated rings. The van der Waals surface area contributed by atoms with Gasteiger partial charge in [-0.25, -0.2) is 0 Å². The molecule has 0 aliphatic carbocycles. The molecule has 0 radical (unpaired) electrons. The first-order valence-electron chi connectivity index (χ1n) is 9.01. The number of thiophene rings is 1. The molecule has 0 aromatic carbocycles. The molecule has 2 amide bonds. The molecule has 28 heavy (non-hydrogen) atoms. The Hall–Kier alpha value is -1.67. The van der Waals surface area contributed by atoms with Crippen molar-refractivity contribution in [1.29, 1.82) is 0 Å². The van der Waals surface area contributed by atoms with E-state index < -0.39 is 0 Å². The highest BCUT2D eigenvalue weighted by molar-refractivity contribution is 7.12. The lowest BCUT2D eigenvalue weighted by molar-refractivity contribution is 0.0764. The van der Waals surface area contributed by atoms with Crippen LogP contribution in [0.3, 0.4) is 0 Å². The van der Waals surface area contributed by atoms with E-state index in [1.165, 1.54) is 11.3 Å². The molecule has 9 heteroatoms. The molecule has 0 spiro atoms. The van der Waals surface area contributed by atoms with Crippen molar-refractivity contribution in [1.82, 2.24) is 15.2 Å². The maximum absolute atomic E-state index is 13.0. The van der Waals surface area contributed by atoms with Gasteiger partial charge < -0.3 is 15.5 Å². The Morgan fingerprint density at radius 3 is 2.36 bits per heavy atom. The van der Waals surface area contributed by atoms with Crippen molar-refractivity contribution in [3.05, 3.63) is 46.4 Å². The van der Waals surface area contributed by atoms with Gasteiger partial charge in [0.25, 0.3) is 11.8 Å². The quantitative estimate of drug-likeness (QED) is 0.764. The Morgan fingerprint density at radius 2 is 1.71 bits per heavy atom. The number of pyridine rings is 1. The van der Waals surface area contributed by atoms with E-state index in [-0.39, 0.29) is 36.6 Å². The molecule has 152 valence electrons. The van der Waals surface area contributed by atoms with Gasteiger partial charge in [0.1, 0.15) is 4.88 Å². The van der Waals surface area contributed by atoms with Crippen LogP contribution in [0.4, 0.5) is 5.69 Å².